The monoisotopic (exact) mass is 517 g/mol. The Balaban J connectivity index is 2.17. The zero-order valence-corrected chi connectivity index (χ0v) is 22.0. The molecule has 0 saturated carbocycles. The molecule has 0 unspecified atom stereocenters. The third-order valence-corrected chi connectivity index (χ3v) is 5.29. The van der Waals surface area contributed by atoms with E-state index in [0.29, 0.717) is 23.6 Å². The summed E-state index contributed by atoms with van der Waals surface area (Å²) in [6.07, 6.45) is -0.597. The maximum Gasteiger partial charge on any atom is 0.424 e. The number of carbonyl (C=O) groups excluding carboxylic acids is 3. The summed E-state index contributed by atoms with van der Waals surface area (Å²) in [5, 5.41) is 2.54. The summed E-state index contributed by atoms with van der Waals surface area (Å²) in [5.41, 5.74) is -2.27. The molecular weight excluding hydrogens is 484 g/mol. The molecule has 10 heteroatoms. The Morgan fingerprint density at radius 2 is 1.35 bits per heavy atom. The fraction of sp³-hybridized carbons (Fsp3) is 0.444. The first-order chi connectivity index (χ1) is 17.2. The second-order valence-electron chi connectivity index (χ2n) is 10.7. The molecule has 0 aliphatic carbocycles. The van der Waals surface area contributed by atoms with Crippen LogP contribution >= 0.6 is 0 Å². The molecule has 0 radical (unpaired) electrons. The minimum atomic E-state index is -1.10. The van der Waals surface area contributed by atoms with Crippen LogP contribution in [-0.2, 0) is 9.47 Å². The summed E-state index contributed by atoms with van der Waals surface area (Å²) in [6.45, 7) is 10.7. The Kier molecular flexibility index (Phi) is 8.09. The lowest BCUT2D eigenvalue weighted by molar-refractivity contribution is 0.0430. The first-order valence-corrected chi connectivity index (χ1v) is 12.1. The van der Waals surface area contributed by atoms with Crippen LogP contribution in [0.2, 0.25) is 0 Å². The van der Waals surface area contributed by atoms with E-state index < -0.39 is 46.7 Å². The van der Waals surface area contributed by atoms with Crippen molar-refractivity contribution in [2.24, 2.45) is 0 Å². The molecule has 0 aromatic heterocycles. The first-order valence-electron chi connectivity index (χ1n) is 12.1. The van der Waals surface area contributed by atoms with Gasteiger partial charge in [0, 0.05) is 18.7 Å². The Morgan fingerprint density at radius 3 is 1.84 bits per heavy atom. The Hall–Kier alpha value is -3.69. The number of halogens is 2. The zero-order chi connectivity index (χ0) is 27.5. The van der Waals surface area contributed by atoms with Crippen molar-refractivity contribution in [1.82, 2.24) is 4.90 Å². The third kappa shape index (κ3) is 7.18. The van der Waals surface area contributed by atoms with Gasteiger partial charge in [-0.25, -0.2) is 23.2 Å². The summed E-state index contributed by atoms with van der Waals surface area (Å²) in [4.78, 5) is 41.5. The van der Waals surface area contributed by atoms with Crippen LogP contribution in [0, 0.1) is 11.6 Å². The minimum absolute atomic E-state index is 0.0359. The van der Waals surface area contributed by atoms with Crippen molar-refractivity contribution in [2.45, 2.75) is 65.6 Å². The summed E-state index contributed by atoms with van der Waals surface area (Å²) >= 11 is 0. The number of hydrogen-bond donors (Lipinski definition) is 1. The summed E-state index contributed by atoms with van der Waals surface area (Å²) in [6, 6.07) is 7.21. The molecule has 4 amide bonds. The standard InChI is InChI=1S/C27H33F2N3O5/c1-26(2,3)36-24(34)32(25(35)37-27(4,5)6)20-14-13-19(17-9-11-18(28)12-10-17)21(29)22(20)30-23(33)31-15-7-8-16-31/h9-14H,7-8,15-16H2,1-6H3,(H,30,33). The average Bonchev–Trinajstić information content (AvgIpc) is 3.29. The number of likely N-dealkylation sites (tertiary alicyclic amines) is 1. The zero-order valence-electron chi connectivity index (χ0n) is 22.0. The van der Waals surface area contributed by atoms with Crippen molar-refractivity contribution in [3.05, 3.63) is 48.0 Å². The molecule has 1 N–H and O–H groups in total. The van der Waals surface area contributed by atoms with Crippen LogP contribution in [-0.4, -0.2) is 47.4 Å². The number of carbonyl (C=O) groups is 3. The van der Waals surface area contributed by atoms with Gasteiger partial charge in [0.05, 0.1) is 5.69 Å². The Morgan fingerprint density at radius 1 is 0.838 bits per heavy atom. The molecule has 0 bridgehead atoms. The largest absolute Gasteiger partial charge is 0.443 e. The van der Waals surface area contributed by atoms with E-state index in [1.807, 2.05) is 0 Å². The van der Waals surface area contributed by atoms with Gasteiger partial charge < -0.3 is 19.7 Å². The van der Waals surface area contributed by atoms with Gasteiger partial charge in [-0.05, 0) is 84.2 Å². The van der Waals surface area contributed by atoms with Crippen molar-refractivity contribution >= 4 is 29.6 Å². The highest BCUT2D eigenvalue weighted by atomic mass is 19.1. The van der Waals surface area contributed by atoms with Crippen LogP contribution in [0.5, 0.6) is 0 Å². The molecule has 2 aromatic rings. The normalized spacial score (nSPS) is 13.8. The molecule has 37 heavy (non-hydrogen) atoms. The van der Waals surface area contributed by atoms with Gasteiger partial charge in [-0.15, -0.1) is 0 Å². The second kappa shape index (κ2) is 10.7. The quantitative estimate of drug-likeness (QED) is 0.477. The number of imide groups is 1. The van der Waals surface area contributed by atoms with Gasteiger partial charge in [0.25, 0.3) is 0 Å². The van der Waals surface area contributed by atoms with Gasteiger partial charge in [-0.1, -0.05) is 12.1 Å². The van der Waals surface area contributed by atoms with Gasteiger partial charge >= 0.3 is 18.2 Å². The highest BCUT2D eigenvalue weighted by Crippen LogP contribution is 2.37. The lowest BCUT2D eigenvalue weighted by Gasteiger charge is -2.30. The van der Waals surface area contributed by atoms with E-state index >= 15 is 4.39 Å². The van der Waals surface area contributed by atoms with Gasteiger partial charge in [-0.3, -0.25) is 0 Å². The van der Waals surface area contributed by atoms with Gasteiger partial charge in [0.1, 0.15) is 22.7 Å². The van der Waals surface area contributed by atoms with Crippen molar-refractivity contribution in [2.75, 3.05) is 23.3 Å². The molecular formula is C27H33F2N3O5. The second-order valence-corrected chi connectivity index (χ2v) is 10.7. The SMILES string of the molecule is CC(C)(C)OC(=O)N(C(=O)OC(C)(C)C)c1ccc(-c2ccc(F)cc2)c(F)c1NC(=O)N1CCCC1. The van der Waals surface area contributed by atoms with E-state index in [0.717, 1.165) is 12.8 Å². The fourth-order valence-electron chi connectivity index (χ4n) is 3.72. The number of amides is 4. The van der Waals surface area contributed by atoms with Gasteiger partial charge in [-0.2, -0.15) is 4.90 Å². The van der Waals surface area contributed by atoms with Gasteiger partial charge in [0.15, 0.2) is 5.82 Å². The Labute approximate surface area is 215 Å². The molecule has 3 rings (SSSR count). The first kappa shape index (κ1) is 27.9. The van der Waals surface area contributed by atoms with Crippen molar-refractivity contribution in [3.63, 3.8) is 0 Å². The van der Waals surface area contributed by atoms with Crippen molar-refractivity contribution in [3.8, 4) is 11.1 Å². The Bertz CT molecular complexity index is 1140. The number of anilines is 2. The number of rotatable bonds is 3. The minimum Gasteiger partial charge on any atom is -0.443 e. The molecule has 0 atom stereocenters. The molecule has 1 aliphatic rings. The maximum atomic E-state index is 16.1. The van der Waals surface area contributed by atoms with E-state index in [9.17, 15) is 18.8 Å². The highest BCUT2D eigenvalue weighted by molar-refractivity contribution is 6.13. The van der Waals surface area contributed by atoms with Crippen LogP contribution in [0.1, 0.15) is 54.4 Å². The number of ether oxygens (including phenoxy) is 2. The van der Waals surface area contributed by atoms with E-state index in [2.05, 4.69) is 5.32 Å². The lowest BCUT2D eigenvalue weighted by atomic mass is 10.0. The fourth-order valence-corrected chi connectivity index (χ4v) is 3.72. The number of benzene rings is 2. The molecule has 1 aliphatic heterocycles. The van der Waals surface area contributed by atoms with E-state index in [4.69, 9.17) is 9.47 Å². The van der Waals surface area contributed by atoms with Crippen molar-refractivity contribution < 1.29 is 32.6 Å². The molecule has 1 fully saturated rings. The number of hydrogen-bond acceptors (Lipinski definition) is 5. The predicted octanol–water partition coefficient (Wildman–Crippen LogP) is 6.94. The topological polar surface area (TPSA) is 88.2 Å². The molecule has 2 aromatic carbocycles. The number of urea groups is 1. The highest BCUT2D eigenvalue weighted by Gasteiger charge is 2.36. The lowest BCUT2D eigenvalue weighted by Crippen LogP contribution is -2.44. The smallest absolute Gasteiger partial charge is 0.424 e. The average molecular weight is 518 g/mol. The summed E-state index contributed by atoms with van der Waals surface area (Å²) < 4.78 is 40.4. The predicted molar refractivity (Wildman–Crippen MR) is 137 cm³/mol. The maximum absolute atomic E-state index is 16.1. The van der Waals surface area contributed by atoms with Crippen LogP contribution in [0.4, 0.5) is 34.5 Å². The van der Waals surface area contributed by atoms with Crippen LogP contribution in [0.15, 0.2) is 36.4 Å². The number of nitrogens with one attached hydrogen (secondary N) is 1. The van der Waals surface area contributed by atoms with E-state index in [1.54, 1.807) is 41.5 Å². The van der Waals surface area contributed by atoms with E-state index in [-0.39, 0.29) is 11.3 Å². The van der Waals surface area contributed by atoms with Gasteiger partial charge in [0.2, 0.25) is 0 Å². The molecule has 0 spiro atoms. The molecule has 1 saturated heterocycles. The van der Waals surface area contributed by atoms with Crippen molar-refractivity contribution in [1.29, 1.82) is 0 Å². The van der Waals surface area contributed by atoms with Crippen LogP contribution < -0.4 is 10.2 Å². The van der Waals surface area contributed by atoms with Crippen LogP contribution in [0.3, 0.4) is 0 Å². The van der Waals surface area contributed by atoms with Crippen LogP contribution in [0.25, 0.3) is 11.1 Å². The summed E-state index contributed by atoms with van der Waals surface area (Å²) in [5.74, 6) is -1.40. The third-order valence-electron chi connectivity index (χ3n) is 5.29. The summed E-state index contributed by atoms with van der Waals surface area (Å²) in [7, 11) is 0. The number of nitrogens with zero attached hydrogens (tertiary/aromatic N) is 2. The molecule has 200 valence electrons. The molecule has 1 heterocycles. The van der Waals surface area contributed by atoms with E-state index in [1.165, 1.54) is 41.3 Å². The molecule has 8 nitrogen and oxygen atoms in total.